The van der Waals surface area contributed by atoms with Crippen molar-refractivity contribution in [2.45, 2.75) is 30.7 Å². The second-order valence-corrected chi connectivity index (χ2v) is 7.36. The summed E-state index contributed by atoms with van der Waals surface area (Å²) in [6, 6.07) is 8.83. The third-order valence-electron chi connectivity index (χ3n) is 4.80. The molecule has 2 aliphatic heterocycles. The van der Waals surface area contributed by atoms with Gasteiger partial charge in [0, 0.05) is 48.2 Å². The van der Waals surface area contributed by atoms with Gasteiger partial charge in [-0.3, -0.25) is 4.79 Å². The Morgan fingerprint density at radius 3 is 3.00 bits per heavy atom. The zero-order chi connectivity index (χ0) is 13.6. The number of amides is 1. The molecular formula is C16H20N2OS. The number of fused-ring (bicyclic) bond motifs is 2. The van der Waals surface area contributed by atoms with Gasteiger partial charge in [-0.2, -0.15) is 11.8 Å². The van der Waals surface area contributed by atoms with Crippen molar-refractivity contribution in [3.05, 3.63) is 29.8 Å². The first kappa shape index (κ1) is 12.7. The van der Waals surface area contributed by atoms with Gasteiger partial charge in [0.15, 0.2) is 0 Å². The summed E-state index contributed by atoms with van der Waals surface area (Å²) >= 11 is 1.95. The number of hydrogen-bond donors (Lipinski definition) is 1. The molecule has 1 saturated heterocycles. The fourth-order valence-corrected chi connectivity index (χ4v) is 4.45. The van der Waals surface area contributed by atoms with Crippen LogP contribution in [0.3, 0.4) is 0 Å². The number of anilines is 1. The summed E-state index contributed by atoms with van der Waals surface area (Å²) in [5.74, 6) is 2.52. The Kier molecular flexibility index (Phi) is 3.04. The SMILES string of the molecule is O=C(CC1CSCCN1)N1CC2(CC2)c2ccccc21. The molecule has 0 radical (unpaired) electrons. The van der Waals surface area contributed by atoms with Gasteiger partial charge < -0.3 is 10.2 Å². The normalized spacial score (nSPS) is 26.6. The second-order valence-electron chi connectivity index (χ2n) is 6.21. The van der Waals surface area contributed by atoms with E-state index in [2.05, 4.69) is 29.6 Å². The molecule has 2 heterocycles. The van der Waals surface area contributed by atoms with Crippen LogP contribution in [0.2, 0.25) is 0 Å². The molecule has 1 unspecified atom stereocenters. The average Bonchev–Trinajstić information content (AvgIpc) is 3.18. The highest BCUT2D eigenvalue weighted by Crippen LogP contribution is 2.56. The van der Waals surface area contributed by atoms with E-state index in [0.29, 0.717) is 23.8 Å². The fourth-order valence-electron chi connectivity index (χ4n) is 3.50. The van der Waals surface area contributed by atoms with Gasteiger partial charge in [-0.05, 0) is 24.5 Å². The van der Waals surface area contributed by atoms with Crippen LogP contribution in [0.4, 0.5) is 5.69 Å². The molecule has 3 aliphatic rings. The second kappa shape index (κ2) is 4.78. The Morgan fingerprint density at radius 2 is 2.25 bits per heavy atom. The molecule has 1 amide bonds. The molecule has 1 saturated carbocycles. The lowest BCUT2D eigenvalue weighted by Crippen LogP contribution is -2.42. The van der Waals surface area contributed by atoms with Crippen molar-refractivity contribution in [1.29, 1.82) is 0 Å². The molecule has 4 heteroatoms. The molecule has 1 aromatic carbocycles. The maximum absolute atomic E-state index is 12.7. The van der Waals surface area contributed by atoms with E-state index < -0.39 is 0 Å². The summed E-state index contributed by atoms with van der Waals surface area (Å²) < 4.78 is 0. The summed E-state index contributed by atoms with van der Waals surface area (Å²) in [6.45, 7) is 1.94. The van der Waals surface area contributed by atoms with E-state index in [1.807, 2.05) is 16.7 Å². The Balaban J connectivity index is 1.53. The lowest BCUT2D eigenvalue weighted by Gasteiger charge is -2.25. The minimum Gasteiger partial charge on any atom is -0.312 e. The average molecular weight is 288 g/mol. The Morgan fingerprint density at radius 1 is 1.40 bits per heavy atom. The molecule has 1 aromatic rings. The van der Waals surface area contributed by atoms with Crippen LogP contribution in [-0.2, 0) is 10.2 Å². The van der Waals surface area contributed by atoms with Gasteiger partial charge in [-0.15, -0.1) is 0 Å². The maximum Gasteiger partial charge on any atom is 0.228 e. The van der Waals surface area contributed by atoms with Gasteiger partial charge in [-0.25, -0.2) is 0 Å². The highest BCUT2D eigenvalue weighted by atomic mass is 32.2. The quantitative estimate of drug-likeness (QED) is 0.905. The van der Waals surface area contributed by atoms with Crippen molar-refractivity contribution in [3.8, 4) is 0 Å². The van der Waals surface area contributed by atoms with Crippen LogP contribution in [0.25, 0.3) is 0 Å². The number of nitrogens with zero attached hydrogens (tertiary/aromatic N) is 1. The molecule has 0 bridgehead atoms. The highest BCUT2D eigenvalue weighted by Gasteiger charge is 2.52. The van der Waals surface area contributed by atoms with E-state index in [1.165, 1.54) is 29.8 Å². The van der Waals surface area contributed by atoms with Gasteiger partial charge in [0.1, 0.15) is 0 Å². The van der Waals surface area contributed by atoms with Crippen LogP contribution in [0.5, 0.6) is 0 Å². The van der Waals surface area contributed by atoms with Gasteiger partial charge >= 0.3 is 0 Å². The first-order valence-electron chi connectivity index (χ1n) is 7.50. The van der Waals surface area contributed by atoms with Crippen molar-refractivity contribution < 1.29 is 4.79 Å². The molecule has 1 aliphatic carbocycles. The number of rotatable bonds is 2. The fraction of sp³-hybridized carbons (Fsp3) is 0.562. The van der Waals surface area contributed by atoms with Crippen molar-refractivity contribution in [2.75, 3.05) is 29.5 Å². The van der Waals surface area contributed by atoms with Crippen molar-refractivity contribution in [3.63, 3.8) is 0 Å². The predicted molar refractivity (Wildman–Crippen MR) is 83.4 cm³/mol. The summed E-state index contributed by atoms with van der Waals surface area (Å²) in [4.78, 5) is 14.7. The Bertz CT molecular complexity index is 535. The molecule has 1 spiro atoms. The molecule has 0 aromatic heterocycles. The summed E-state index contributed by atoms with van der Waals surface area (Å²) in [5.41, 5.74) is 2.87. The van der Waals surface area contributed by atoms with E-state index in [0.717, 1.165) is 18.8 Å². The number of para-hydroxylation sites is 1. The van der Waals surface area contributed by atoms with Crippen molar-refractivity contribution in [2.24, 2.45) is 0 Å². The lowest BCUT2D eigenvalue weighted by atomic mass is 9.99. The topological polar surface area (TPSA) is 32.3 Å². The Hall–Kier alpha value is -1.00. The summed E-state index contributed by atoms with van der Waals surface area (Å²) in [6.07, 6.45) is 3.12. The van der Waals surface area contributed by atoms with Gasteiger partial charge in [0.2, 0.25) is 5.91 Å². The lowest BCUT2D eigenvalue weighted by molar-refractivity contribution is -0.119. The first-order valence-corrected chi connectivity index (χ1v) is 8.65. The number of thioether (sulfide) groups is 1. The molecule has 106 valence electrons. The molecular weight excluding hydrogens is 268 g/mol. The highest BCUT2D eigenvalue weighted by molar-refractivity contribution is 7.99. The van der Waals surface area contributed by atoms with E-state index in [1.54, 1.807) is 0 Å². The number of hydrogen-bond acceptors (Lipinski definition) is 3. The van der Waals surface area contributed by atoms with Gasteiger partial charge in [-0.1, -0.05) is 18.2 Å². The van der Waals surface area contributed by atoms with Crippen LogP contribution >= 0.6 is 11.8 Å². The summed E-state index contributed by atoms with van der Waals surface area (Å²) in [5, 5.41) is 3.47. The molecule has 3 nitrogen and oxygen atoms in total. The minimum absolute atomic E-state index is 0.293. The number of nitrogens with one attached hydrogen (secondary N) is 1. The molecule has 2 fully saturated rings. The smallest absolute Gasteiger partial charge is 0.228 e. The van der Waals surface area contributed by atoms with E-state index in [-0.39, 0.29) is 0 Å². The van der Waals surface area contributed by atoms with E-state index in [9.17, 15) is 4.79 Å². The standard InChI is InChI=1S/C16H20N2OS/c19-15(9-12-10-20-8-7-17-12)18-11-16(5-6-16)13-3-1-2-4-14(13)18/h1-4,12,17H,5-11H2. The largest absolute Gasteiger partial charge is 0.312 e. The van der Waals surface area contributed by atoms with Crippen LogP contribution in [0.15, 0.2) is 24.3 Å². The number of benzene rings is 1. The minimum atomic E-state index is 0.293. The van der Waals surface area contributed by atoms with Crippen molar-refractivity contribution >= 4 is 23.4 Å². The molecule has 4 rings (SSSR count). The zero-order valence-corrected chi connectivity index (χ0v) is 12.4. The van der Waals surface area contributed by atoms with Crippen LogP contribution < -0.4 is 10.2 Å². The van der Waals surface area contributed by atoms with Crippen LogP contribution in [0.1, 0.15) is 24.8 Å². The molecule has 1 atom stereocenters. The first-order chi connectivity index (χ1) is 9.78. The number of carbonyl (C=O) groups is 1. The van der Waals surface area contributed by atoms with Crippen LogP contribution in [-0.4, -0.2) is 36.5 Å². The maximum atomic E-state index is 12.7. The third kappa shape index (κ3) is 2.06. The third-order valence-corrected chi connectivity index (χ3v) is 5.93. The summed E-state index contributed by atoms with van der Waals surface area (Å²) in [7, 11) is 0. The number of carbonyl (C=O) groups excluding carboxylic acids is 1. The Labute approximate surface area is 124 Å². The van der Waals surface area contributed by atoms with Gasteiger partial charge in [0.05, 0.1) is 0 Å². The van der Waals surface area contributed by atoms with Crippen LogP contribution in [0, 0.1) is 0 Å². The zero-order valence-electron chi connectivity index (χ0n) is 11.6. The van der Waals surface area contributed by atoms with E-state index >= 15 is 0 Å². The van der Waals surface area contributed by atoms with Crippen molar-refractivity contribution in [1.82, 2.24) is 5.32 Å². The monoisotopic (exact) mass is 288 g/mol. The van der Waals surface area contributed by atoms with E-state index in [4.69, 9.17) is 0 Å². The molecule has 20 heavy (non-hydrogen) atoms. The van der Waals surface area contributed by atoms with Gasteiger partial charge in [0.25, 0.3) is 0 Å². The molecule has 1 N–H and O–H groups in total. The predicted octanol–water partition coefficient (Wildman–Crippen LogP) is 2.16.